The van der Waals surface area contributed by atoms with Gasteiger partial charge >= 0.3 is 0 Å². The van der Waals surface area contributed by atoms with Gasteiger partial charge in [0.2, 0.25) is 0 Å². The van der Waals surface area contributed by atoms with Crippen LogP contribution < -0.4 is 10.2 Å². The van der Waals surface area contributed by atoms with Crippen molar-refractivity contribution in [3.05, 3.63) is 30.1 Å². The molecule has 1 N–H and O–H groups in total. The summed E-state index contributed by atoms with van der Waals surface area (Å²) in [7, 11) is 0. The minimum Gasteiger partial charge on any atom is -0.366 e. The van der Waals surface area contributed by atoms with E-state index >= 15 is 0 Å². The smallest absolute Gasteiger partial charge is 0.123 e. The molecule has 3 aliphatic rings. The molecule has 1 aromatic carbocycles. The van der Waals surface area contributed by atoms with Gasteiger partial charge in [-0.2, -0.15) is 0 Å². The molecule has 0 aliphatic carbocycles. The summed E-state index contributed by atoms with van der Waals surface area (Å²) in [5.41, 5.74) is 1.48. The van der Waals surface area contributed by atoms with Crippen LogP contribution in [0.3, 0.4) is 0 Å². The van der Waals surface area contributed by atoms with E-state index < -0.39 is 0 Å². The molecule has 2 bridgehead atoms. The number of piperidine rings is 1. The van der Waals surface area contributed by atoms with Gasteiger partial charge in [-0.25, -0.2) is 4.39 Å². The van der Waals surface area contributed by atoms with E-state index in [0.717, 1.165) is 25.3 Å². The van der Waals surface area contributed by atoms with Gasteiger partial charge in [0.25, 0.3) is 0 Å². The van der Waals surface area contributed by atoms with E-state index in [9.17, 15) is 4.39 Å². The second kappa shape index (κ2) is 4.23. The van der Waals surface area contributed by atoms with Crippen LogP contribution in [-0.4, -0.2) is 25.7 Å². The number of hydrogen-bond donors (Lipinski definition) is 1. The molecule has 18 heavy (non-hydrogen) atoms. The van der Waals surface area contributed by atoms with Gasteiger partial charge in [0.1, 0.15) is 5.82 Å². The first-order chi connectivity index (χ1) is 8.56. The SMILES string of the molecule is CC1(C)C[C@@H]2CNCC1N(c1ccc(F)cc1)C2. The van der Waals surface area contributed by atoms with E-state index in [0.29, 0.717) is 17.4 Å². The largest absolute Gasteiger partial charge is 0.366 e. The van der Waals surface area contributed by atoms with Crippen LogP contribution in [0.5, 0.6) is 0 Å². The fraction of sp³-hybridized carbons (Fsp3) is 0.600. The van der Waals surface area contributed by atoms with E-state index in [4.69, 9.17) is 0 Å². The third-order valence-corrected chi connectivity index (χ3v) is 4.48. The molecule has 0 aromatic heterocycles. The summed E-state index contributed by atoms with van der Waals surface area (Å²) in [5, 5.41) is 3.56. The Balaban J connectivity index is 1.94. The Morgan fingerprint density at radius 1 is 1.22 bits per heavy atom. The van der Waals surface area contributed by atoms with E-state index in [1.54, 1.807) is 12.1 Å². The maximum absolute atomic E-state index is 13.0. The Morgan fingerprint density at radius 2 is 1.94 bits per heavy atom. The topological polar surface area (TPSA) is 15.3 Å². The van der Waals surface area contributed by atoms with Crippen molar-refractivity contribution in [2.45, 2.75) is 26.3 Å². The molecule has 0 radical (unpaired) electrons. The Morgan fingerprint density at radius 3 is 2.67 bits per heavy atom. The second-order valence-electron chi connectivity index (χ2n) is 6.36. The van der Waals surface area contributed by atoms with Crippen molar-refractivity contribution in [1.29, 1.82) is 0 Å². The molecule has 3 fully saturated rings. The predicted octanol–water partition coefficient (Wildman–Crippen LogP) is 2.65. The monoisotopic (exact) mass is 248 g/mol. The summed E-state index contributed by atoms with van der Waals surface area (Å²) in [4.78, 5) is 2.47. The fourth-order valence-corrected chi connectivity index (χ4v) is 3.64. The van der Waals surface area contributed by atoms with Crippen LogP contribution in [0.15, 0.2) is 24.3 Å². The van der Waals surface area contributed by atoms with E-state index in [-0.39, 0.29) is 5.82 Å². The third kappa shape index (κ3) is 2.01. The van der Waals surface area contributed by atoms with Crippen LogP contribution in [0, 0.1) is 17.2 Å². The van der Waals surface area contributed by atoms with Crippen LogP contribution in [0.4, 0.5) is 10.1 Å². The van der Waals surface area contributed by atoms with Crippen molar-refractivity contribution in [2.75, 3.05) is 24.5 Å². The van der Waals surface area contributed by atoms with Crippen LogP contribution in [0.2, 0.25) is 0 Å². The van der Waals surface area contributed by atoms with Crippen LogP contribution in [-0.2, 0) is 0 Å². The average Bonchev–Trinajstić information content (AvgIpc) is 2.59. The lowest BCUT2D eigenvalue weighted by Crippen LogP contribution is -2.53. The molecule has 4 rings (SSSR count). The highest BCUT2D eigenvalue weighted by atomic mass is 19.1. The molecule has 2 nitrogen and oxygen atoms in total. The molecule has 3 heterocycles. The molecule has 3 aliphatic heterocycles. The van der Waals surface area contributed by atoms with Gasteiger partial charge in [-0.15, -0.1) is 0 Å². The zero-order valence-corrected chi connectivity index (χ0v) is 11.1. The third-order valence-electron chi connectivity index (χ3n) is 4.48. The molecule has 0 saturated carbocycles. The average molecular weight is 248 g/mol. The number of anilines is 1. The quantitative estimate of drug-likeness (QED) is 0.822. The molecule has 1 aromatic rings. The van der Waals surface area contributed by atoms with Gasteiger partial charge in [-0.1, -0.05) is 13.8 Å². The molecule has 0 spiro atoms. The standard InChI is InChI=1S/C15H21FN2/c1-15(2)7-11-8-17-9-14(15)18(10-11)13-5-3-12(16)4-6-13/h3-6,11,14,17H,7-10H2,1-2H3/t11-,14?/m1/s1. The molecule has 0 amide bonds. The van der Waals surface area contributed by atoms with Crippen LogP contribution in [0.1, 0.15) is 20.3 Å². The first kappa shape index (κ1) is 12.0. The van der Waals surface area contributed by atoms with E-state index in [1.807, 2.05) is 12.1 Å². The molecule has 3 saturated heterocycles. The molecular weight excluding hydrogens is 227 g/mol. The summed E-state index contributed by atoms with van der Waals surface area (Å²) in [6, 6.07) is 7.45. The Kier molecular flexibility index (Phi) is 2.81. The summed E-state index contributed by atoms with van der Waals surface area (Å²) < 4.78 is 13.0. The van der Waals surface area contributed by atoms with Crippen molar-refractivity contribution < 1.29 is 4.39 Å². The highest BCUT2D eigenvalue weighted by molar-refractivity contribution is 5.49. The summed E-state index contributed by atoms with van der Waals surface area (Å²) in [5.74, 6) is 0.542. The zero-order valence-electron chi connectivity index (χ0n) is 11.1. The minimum atomic E-state index is -0.156. The minimum absolute atomic E-state index is 0.156. The summed E-state index contributed by atoms with van der Waals surface area (Å²) in [6.07, 6.45) is 1.28. The highest BCUT2D eigenvalue weighted by Crippen LogP contribution is 2.41. The van der Waals surface area contributed by atoms with Gasteiger partial charge in [-0.3, -0.25) is 0 Å². The molecular formula is C15H21FN2. The van der Waals surface area contributed by atoms with Gasteiger partial charge in [0.05, 0.1) is 0 Å². The molecule has 2 atom stereocenters. The number of halogens is 1. The van der Waals surface area contributed by atoms with Crippen molar-refractivity contribution >= 4 is 5.69 Å². The van der Waals surface area contributed by atoms with Crippen LogP contribution in [0.25, 0.3) is 0 Å². The fourth-order valence-electron chi connectivity index (χ4n) is 3.64. The van der Waals surface area contributed by atoms with Gasteiger partial charge in [0, 0.05) is 24.8 Å². The van der Waals surface area contributed by atoms with E-state index in [2.05, 4.69) is 24.1 Å². The molecule has 1 unspecified atom stereocenters. The highest BCUT2D eigenvalue weighted by Gasteiger charge is 2.43. The number of rotatable bonds is 1. The summed E-state index contributed by atoms with van der Waals surface area (Å²) in [6.45, 7) is 7.94. The van der Waals surface area contributed by atoms with Gasteiger partial charge in [-0.05, 0) is 48.6 Å². The van der Waals surface area contributed by atoms with Crippen molar-refractivity contribution in [2.24, 2.45) is 11.3 Å². The lowest BCUT2D eigenvalue weighted by Gasteiger charge is -2.48. The van der Waals surface area contributed by atoms with Crippen molar-refractivity contribution in [1.82, 2.24) is 5.32 Å². The van der Waals surface area contributed by atoms with E-state index in [1.165, 1.54) is 6.42 Å². The first-order valence-corrected chi connectivity index (χ1v) is 6.79. The lowest BCUT2D eigenvalue weighted by atomic mass is 9.73. The molecule has 3 heteroatoms. The summed E-state index contributed by atoms with van der Waals surface area (Å²) >= 11 is 0. The van der Waals surface area contributed by atoms with Crippen molar-refractivity contribution in [3.8, 4) is 0 Å². The lowest BCUT2D eigenvalue weighted by molar-refractivity contribution is 0.192. The van der Waals surface area contributed by atoms with Crippen LogP contribution >= 0.6 is 0 Å². The number of benzene rings is 1. The second-order valence-corrected chi connectivity index (χ2v) is 6.36. The number of hydrogen-bond acceptors (Lipinski definition) is 2. The van der Waals surface area contributed by atoms with Crippen molar-refractivity contribution in [3.63, 3.8) is 0 Å². The maximum atomic E-state index is 13.0. The van der Waals surface area contributed by atoms with Gasteiger partial charge in [0.15, 0.2) is 0 Å². The number of nitrogens with one attached hydrogen (secondary N) is 1. The zero-order chi connectivity index (χ0) is 12.8. The normalized spacial score (nSPS) is 30.3. The maximum Gasteiger partial charge on any atom is 0.123 e. The Labute approximate surface area is 108 Å². The Bertz CT molecular complexity index is 427. The van der Waals surface area contributed by atoms with Gasteiger partial charge < -0.3 is 10.2 Å². The predicted molar refractivity (Wildman–Crippen MR) is 72.3 cm³/mol. The Hall–Kier alpha value is -1.09. The number of fused-ring (bicyclic) bond motifs is 4. The first-order valence-electron chi connectivity index (χ1n) is 6.79. The molecule has 98 valence electrons. The number of nitrogens with zero attached hydrogens (tertiary/aromatic N) is 1.